The van der Waals surface area contributed by atoms with E-state index in [1.807, 2.05) is 12.1 Å². The molecule has 2 aromatic rings. The van der Waals surface area contributed by atoms with Gasteiger partial charge in [0.1, 0.15) is 11.9 Å². The molecule has 0 amide bonds. The van der Waals surface area contributed by atoms with Gasteiger partial charge in [-0.15, -0.1) is 0 Å². The molecule has 2 N–H and O–H groups in total. The maximum Gasteiger partial charge on any atom is 0.330 e. The summed E-state index contributed by atoms with van der Waals surface area (Å²) < 4.78 is 52.8. The van der Waals surface area contributed by atoms with Crippen LogP contribution in [0.15, 0.2) is 36.4 Å². The molecule has 0 bridgehead atoms. The number of hydrogen-bond acceptors (Lipinski definition) is 12. The van der Waals surface area contributed by atoms with E-state index in [1.165, 1.54) is 20.8 Å². The number of rotatable bonds is 12. The van der Waals surface area contributed by atoms with Crippen molar-refractivity contribution in [3.05, 3.63) is 36.4 Å². The Morgan fingerprint density at radius 3 is 1.98 bits per heavy atom. The summed E-state index contributed by atoms with van der Waals surface area (Å²) in [5.74, 6) is -1.75. The van der Waals surface area contributed by atoms with Gasteiger partial charge in [-0.3, -0.25) is 18.9 Å². The zero-order valence-electron chi connectivity index (χ0n) is 23.2. The molecule has 220 valence electrons. The SMILES string of the molecule is CCOP(=O)(CCC1OC(Oc2ccc3cc(N)ccc3c2)C(OC(C)=O)C(OC(C)=O)C1OC(C)=O)OCC. The Morgan fingerprint density at radius 1 is 0.825 bits per heavy atom. The lowest BCUT2D eigenvalue weighted by atomic mass is 9.96. The molecule has 3 rings (SSSR count). The van der Waals surface area contributed by atoms with E-state index in [1.54, 1.807) is 38.1 Å². The summed E-state index contributed by atoms with van der Waals surface area (Å²) in [6.07, 6.45) is -6.21. The van der Waals surface area contributed by atoms with E-state index < -0.39 is 56.2 Å². The minimum atomic E-state index is -3.51. The van der Waals surface area contributed by atoms with Gasteiger partial charge in [-0.25, -0.2) is 0 Å². The molecule has 5 atom stereocenters. The first-order chi connectivity index (χ1) is 18.9. The zero-order valence-corrected chi connectivity index (χ0v) is 24.1. The van der Waals surface area contributed by atoms with Crippen LogP contribution in [0.25, 0.3) is 10.8 Å². The van der Waals surface area contributed by atoms with E-state index in [2.05, 4.69) is 0 Å². The van der Waals surface area contributed by atoms with Crippen molar-refractivity contribution >= 4 is 42.0 Å². The normalized spacial score (nSPS) is 22.9. The number of fused-ring (bicyclic) bond motifs is 1. The zero-order chi connectivity index (χ0) is 29.4. The lowest BCUT2D eigenvalue weighted by Crippen LogP contribution is -2.62. The summed E-state index contributed by atoms with van der Waals surface area (Å²) in [4.78, 5) is 36.3. The number of esters is 3. The molecule has 0 spiro atoms. The van der Waals surface area contributed by atoms with Crippen molar-refractivity contribution in [1.82, 2.24) is 0 Å². The quantitative estimate of drug-likeness (QED) is 0.167. The molecule has 0 saturated carbocycles. The molecule has 1 fully saturated rings. The van der Waals surface area contributed by atoms with Crippen LogP contribution >= 0.6 is 7.60 Å². The summed E-state index contributed by atoms with van der Waals surface area (Å²) in [6, 6.07) is 10.6. The van der Waals surface area contributed by atoms with Crippen molar-refractivity contribution < 1.29 is 51.7 Å². The largest absolute Gasteiger partial charge is 0.461 e. The Hall–Kier alpha value is -3.18. The van der Waals surface area contributed by atoms with Crippen LogP contribution in [0.5, 0.6) is 5.75 Å². The average molecular weight is 582 g/mol. The molecule has 2 aromatic carbocycles. The van der Waals surface area contributed by atoms with Crippen molar-refractivity contribution in [3.63, 3.8) is 0 Å². The van der Waals surface area contributed by atoms with Crippen LogP contribution in [0.4, 0.5) is 5.69 Å². The Morgan fingerprint density at radius 2 is 1.38 bits per heavy atom. The molecule has 13 heteroatoms. The van der Waals surface area contributed by atoms with E-state index in [9.17, 15) is 18.9 Å². The molecule has 1 saturated heterocycles. The summed E-state index contributed by atoms with van der Waals surface area (Å²) in [5, 5.41) is 1.70. The second-order valence-electron chi connectivity index (χ2n) is 9.11. The van der Waals surface area contributed by atoms with E-state index in [-0.39, 0.29) is 25.8 Å². The molecule has 12 nitrogen and oxygen atoms in total. The van der Waals surface area contributed by atoms with Crippen LogP contribution < -0.4 is 10.5 Å². The molecule has 5 unspecified atom stereocenters. The summed E-state index contributed by atoms with van der Waals surface area (Å²) in [6.45, 7) is 7.21. The molecule has 1 aliphatic rings. The fourth-order valence-electron chi connectivity index (χ4n) is 4.48. The molecular formula is C27H36NO11P. The number of nitrogen functional groups attached to an aromatic ring is 1. The predicted molar refractivity (Wildman–Crippen MR) is 145 cm³/mol. The third-order valence-electron chi connectivity index (χ3n) is 5.92. The topological polar surface area (TPSA) is 159 Å². The monoisotopic (exact) mass is 581 g/mol. The highest BCUT2D eigenvalue weighted by atomic mass is 31.2. The molecule has 1 aliphatic heterocycles. The van der Waals surface area contributed by atoms with Gasteiger partial charge in [0.2, 0.25) is 12.4 Å². The number of anilines is 1. The van der Waals surface area contributed by atoms with Gasteiger partial charge in [-0.05, 0) is 55.3 Å². The lowest BCUT2D eigenvalue weighted by Gasteiger charge is -2.44. The second kappa shape index (κ2) is 13.9. The van der Waals surface area contributed by atoms with Gasteiger partial charge in [0.05, 0.1) is 19.4 Å². The van der Waals surface area contributed by atoms with Gasteiger partial charge in [0.15, 0.2) is 12.2 Å². The third kappa shape index (κ3) is 8.41. The molecule has 0 radical (unpaired) electrons. The Labute approximate surface area is 232 Å². The van der Waals surface area contributed by atoms with Crippen LogP contribution in [0, 0.1) is 0 Å². The third-order valence-corrected chi connectivity index (χ3v) is 8.03. The summed E-state index contributed by atoms with van der Waals surface area (Å²) >= 11 is 0. The second-order valence-corrected chi connectivity index (χ2v) is 11.3. The first kappa shape index (κ1) is 31.3. The lowest BCUT2D eigenvalue weighted by molar-refractivity contribution is -0.283. The van der Waals surface area contributed by atoms with Crippen molar-refractivity contribution in [3.8, 4) is 5.75 Å². The van der Waals surface area contributed by atoms with E-state index in [4.69, 9.17) is 38.5 Å². The molecule has 40 heavy (non-hydrogen) atoms. The highest BCUT2D eigenvalue weighted by molar-refractivity contribution is 7.53. The minimum Gasteiger partial charge on any atom is -0.461 e. The van der Waals surface area contributed by atoms with Gasteiger partial charge in [-0.1, -0.05) is 12.1 Å². The van der Waals surface area contributed by atoms with Crippen molar-refractivity contribution in [1.29, 1.82) is 0 Å². The van der Waals surface area contributed by atoms with Crippen LogP contribution in [-0.2, 0) is 46.9 Å². The standard InChI is InChI=1S/C27H36NO11P/c1-6-33-40(32,34-7-2)13-12-23-24(35-16(3)29)25(36-17(4)30)26(37-18(5)31)27(39-23)38-22-11-9-19-14-21(28)10-8-20(19)15-22/h8-11,14-15,23-27H,6-7,12-13,28H2,1-5H3. The maximum absolute atomic E-state index is 13.2. The smallest absolute Gasteiger partial charge is 0.330 e. The molecule has 0 aliphatic carbocycles. The predicted octanol–water partition coefficient (Wildman–Crippen LogP) is 3.98. The molecule has 0 aromatic heterocycles. The van der Waals surface area contributed by atoms with Gasteiger partial charge < -0.3 is 38.5 Å². The van der Waals surface area contributed by atoms with Crippen molar-refractivity contribution in [2.45, 2.75) is 71.7 Å². The Kier molecular flexibility index (Phi) is 10.9. The van der Waals surface area contributed by atoms with Gasteiger partial charge in [0, 0.05) is 26.5 Å². The Bertz CT molecular complexity index is 1240. The number of carbonyl (C=O) groups is 3. The Balaban J connectivity index is 2.00. The highest BCUT2D eigenvalue weighted by Gasteiger charge is 2.53. The fourth-order valence-corrected chi connectivity index (χ4v) is 6.17. The van der Waals surface area contributed by atoms with Crippen molar-refractivity contribution in [2.75, 3.05) is 25.1 Å². The summed E-state index contributed by atoms with van der Waals surface area (Å²) in [5.41, 5.74) is 6.48. The van der Waals surface area contributed by atoms with Crippen LogP contribution in [0.1, 0.15) is 41.0 Å². The maximum atomic E-state index is 13.2. The van der Waals surface area contributed by atoms with E-state index >= 15 is 0 Å². The average Bonchev–Trinajstić information content (AvgIpc) is 2.86. The number of nitrogens with two attached hydrogens (primary N) is 1. The van der Waals surface area contributed by atoms with E-state index in [0.29, 0.717) is 11.4 Å². The number of ether oxygens (including phenoxy) is 5. The number of benzene rings is 2. The first-order valence-electron chi connectivity index (χ1n) is 13.0. The van der Waals surface area contributed by atoms with Crippen LogP contribution in [0.3, 0.4) is 0 Å². The first-order valence-corrected chi connectivity index (χ1v) is 14.7. The van der Waals surface area contributed by atoms with Crippen LogP contribution in [-0.4, -0.2) is 68.0 Å². The number of hydrogen-bond donors (Lipinski definition) is 1. The van der Waals surface area contributed by atoms with Crippen molar-refractivity contribution in [2.24, 2.45) is 0 Å². The minimum absolute atomic E-state index is 0.0106. The van der Waals surface area contributed by atoms with Gasteiger partial charge in [-0.2, -0.15) is 0 Å². The number of carbonyl (C=O) groups excluding carboxylic acids is 3. The van der Waals surface area contributed by atoms with Gasteiger partial charge in [0.25, 0.3) is 0 Å². The fraction of sp³-hybridized carbons (Fsp3) is 0.519. The summed E-state index contributed by atoms with van der Waals surface area (Å²) in [7, 11) is -3.51. The molecule has 1 heterocycles. The van der Waals surface area contributed by atoms with Gasteiger partial charge >= 0.3 is 25.5 Å². The molecular weight excluding hydrogens is 545 g/mol. The van der Waals surface area contributed by atoms with Crippen LogP contribution in [0.2, 0.25) is 0 Å². The van der Waals surface area contributed by atoms with E-state index in [0.717, 1.165) is 10.8 Å². The highest BCUT2D eigenvalue weighted by Crippen LogP contribution is 2.49.